The largest absolute Gasteiger partial charge is 0.494 e. The van der Waals surface area contributed by atoms with Crippen LogP contribution >= 0.6 is 0 Å². The number of benzene rings is 1. The van der Waals surface area contributed by atoms with Gasteiger partial charge < -0.3 is 4.74 Å². The molecule has 1 rings (SSSR count). The summed E-state index contributed by atoms with van der Waals surface area (Å²) in [4.78, 5) is 21.6. The van der Waals surface area contributed by atoms with Gasteiger partial charge in [0, 0.05) is 11.6 Å². The third-order valence-electron chi connectivity index (χ3n) is 2.24. The summed E-state index contributed by atoms with van der Waals surface area (Å²) in [6.07, 6.45) is 0. The van der Waals surface area contributed by atoms with Gasteiger partial charge in [0.15, 0.2) is 5.78 Å². The molecule has 5 heteroatoms. The molecule has 0 bridgehead atoms. The Kier molecular flexibility index (Phi) is 3.60. The molecular weight excluding hydrogens is 210 g/mol. The third-order valence-corrected chi connectivity index (χ3v) is 2.24. The van der Waals surface area contributed by atoms with E-state index in [0.29, 0.717) is 17.9 Å². The van der Waals surface area contributed by atoms with E-state index in [1.54, 1.807) is 6.92 Å². The van der Waals surface area contributed by atoms with E-state index in [-0.39, 0.29) is 17.0 Å². The van der Waals surface area contributed by atoms with Gasteiger partial charge in [-0.05, 0) is 26.8 Å². The highest BCUT2D eigenvalue weighted by atomic mass is 16.6. The molecule has 5 nitrogen and oxygen atoms in total. The minimum atomic E-state index is -0.556. The molecule has 0 atom stereocenters. The van der Waals surface area contributed by atoms with Crippen LogP contribution in [0.3, 0.4) is 0 Å². The molecule has 16 heavy (non-hydrogen) atoms. The highest BCUT2D eigenvalue weighted by molar-refractivity contribution is 6.00. The second kappa shape index (κ2) is 4.74. The van der Waals surface area contributed by atoms with Crippen molar-refractivity contribution in [3.63, 3.8) is 0 Å². The highest BCUT2D eigenvalue weighted by Gasteiger charge is 2.22. The first-order chi connectivity index (χ1) is 7.49. The summed E-state index contributed by atoms with van der Waals surface area (Å²) in [7, 11) is 0. The van der Waals surface area contributed by atoms with Gasteiger partial charge in [-0.2, -0.15) is 0 Å². The Balaban J connectivity index is 3.41. The first-order valence-corrected chi connectivity index (χ1v) is 4.90. The second-order valence-electron chi connectivity index (χ2n) is 3.33. The van der Waals surface area contributed by atoms with Crippen molar-refractivity contribution in [1.82, 2.24) is 0 Å². The average molecular weight is 223 g/mol. The van der Waals surface area contributed by atoms with Crippen LogP contribution in [0, 0.1) is 17.0 Å². The van der Waals surface area contributed by atoms with E-state index in [2.05, 4.69) is 0 Å². The van der Waals surface area contributed by atoms with Crippen molar-refractivity contribution in [1.29, 1.82) is 0 Å². The van der Waals surface area contributed by atoms with Crippen LogP contribution in [-0.4, -0.2) is 17.3 Å². The second-order valence-corrected chi connectivity index (χ2v) is 3.33. The monoisotopic (exact) mass is 223 g/mol. The zero-order valence-corrected chi connectivity index (χ0v) is 9.44. The molecular formula is C11H13NO4. The van der Waals surface area contributed by atoms with Gasteiger partial charge in [0.1, 0.15) is 11.3 Å². The van der Waals surface area contributed by atoms with Gasteiger partial charge in [-0.1, -0.05) is 0 Å². The molecule has 0 saturated heterocycles. The van der Waals surface area contributed by atoms with Crippen LogP contribution in [0.25, 0.3) is 0 Å². The number of carbonyl (C=O) groups excluding carboxylic acids is 1. The van der Waals surface area contributed by atoms with Crippen molar-refractivity contribution < 1.29 is 14.5 Å². The number of hydrogen-bond donors (Lipinski definition) is 0. The summed E-state index contributed by atoms with van der Waals surface area (Å²) < 4.78 is 5.29. The average Bonchev–Trinajstić information content (AvgIpc) is 2.20. The van der Waals surface area contributed by atoms with Gasteiger partial charge in [-0.3, -0.25) is 14.9 Å². The lowest BCUT2D eigenvalue weighted by Crippen LogP contribution is -2.05. The van der Waals surface area contributed by atoms with Gasteiger partial charge in [0.05, 0.1) is 11.5 Å². The summed E-state index contributed by atoms with van der Waals surface area (Å²) in [5.41, 5.74) is 0.466. The topological polar surface area (TPSA) is 69.4 Å². The molecule has 0 aromatic heterocycles. The maximum Gasteiger partial charge on any atom is 0.280 e. The quantitative estimate of drug-likeness (QED) is 0.446. The Morgan fingerprint density at radius 1 is 1.50 bits per heavy atom. The Morgan fingerprint density at radius 2 is 2.12 bits per heavy atom. The number of nitro groups is 1. The lowest BCUT2D eigenvalue weighted by atomic mass is 10.0. The van der Waals surface area contributed by atoms with Crippen molar-refractivity contribution >= 4 is 11.5 Å². The van der Waals surface area contributed by atoms with Crippen LogP contribution < -0.4 is 4.74 Å². The fourth-order valence-electron chi connectivity index (χ4n) is 1.59. The predicted octanol–water partition coefficient (Wildman–Crippen LogP) is 2.50. The van der Waals surface area contributed by atoms with E-state index in [0.717, 1.165) is 0 Å². The summed E-state index contributed by atoms with van der Waals surface area (Å²) in [5, 5.41) is 10.8. The summed E-state index contributed by atoms with van der Waals surface area (Å²) >= 11 is 0. The number of hydrogen-bond acceptors (Lipinski definition) is 4. The first-order valence-electron chi connectivity index (χ1n) is 4.90. The van der Waals surface area contributed by atoms with Gasteiger partial charge in [-0.15, -0.1) is 0 Å². The Bertz CT molecular complexity index is 440. The number of nitro benzene ring substituents is 1. The molecule has 1 aromatic carbocycles. The maximum absolute atomic E-state index is 11.4. The van der Waals surface area contributed by atoms with Crippen LogP contribution in [0.5, 0.6) is 5.75 Å². The number of carbonyl (C=O) groups is 1. The highest BCUT2D eigenvalue weighted by Crippen LogP contribution is 2.30. The van der Waals surface area contributed by atoms with Crippen LogP contribution in [0.4, 0.5) is 5.69 Å². The van der Waals surface area contributed by atoms with Crippen LogP contribution in [0.1, 0.15) is 29.8 Å². The number of nitrogens with zero attached hydrogens (tertiary/aromatic N) is 1. The predicted molar refractivity (Wildman–Crippen MR) is 59.0 cm³/mol. The number of ether oxygens (including phenoxy) is 1. The molecule has 0 saturated carbocycles. The van der Waals surface area contributed by atoms with E-state index in [4.69, 9.17) is 4.74 Å². The molecule has 0 radical (unpaired) electrons. The molecule has 0 aliphatic heterocycles. The van der Waals surface area contributed by atoms with Gasteiger partial charge >= 0.3 is 0 Å². The van der Waals surface area contributed by atoms with Gasteiger partial charge in [-0.25, -0.2) is 0 Å². The van der Waals surface area contributed by atoms with Crippen molar-refractivity contribution in [2.24, 2.45) is 0 Å². The Hall–Kier alpha value is -1.91. The lowest BCUT2D eigenvalue weighted by Gasteiger charge is -2.10. The molecule has 0 heterocycles. The number of Topliss-reactive ketones (excluding diaryl/α,β-unsaturated/α-hetero) is 1. The summed E-state index contributed by atoms with van der Waals surface area (Å²) in [5.74, 6) is 0.184. The zero-order chi connectivity index (χ0) is 12.3. The van der Waals surface area contributed by atoms with Crippen LogP contribution in [0.15, 0.2) is 12.1 Å². The Labute approximate surface area is 93.2 Å². The summed E-state index contributed by atoms with van der Waals surface area (Å²) in [6, 6.07) is 2.82. The fourth-order valence-corrected chi connectivity index (χ4v) is 1.59. The SMILES string of the molecule is CCOc1ccc([N+](=O)[O-])c(C(C)=O)c1C. The standard InChI is InChI=1S/C11H13NO4/c1-4-16-10-6-5-9(12(14)15)11(7(10)2)8(3)13/h5-6H,4H2,1-3H3. The normalized spacial score (nSPS) is 9.94. The number of ketones is 1. The van der Waals surface area contributed by atoms with Crippen molar-refractivity contribution in [3.05, 3.63) is 33.4 Å². The smallest absolute Gasteiger partial charge is 0.280 e. The third kappa shape index (κ3) is 2.18. The zero-order valence-electron chi connectivity index (χ0n) is 9.44. The molecule has 0 unspecified atom stereocenters. The van der Waals surface area contributed by atoms with E-state index in [1.807, 2.05) is 6.92 Å². The molecule has 86 valence electrons. The van der Waals surface area contributed by atoms with E-state index in [9.17, 15) is 14.9 Å². The fraction of sp³-hybridized carbons (Fsp3) is 0.364. The van der Waals surface area contributed by atoms with Crippen molar-refractivity contribution in [2.45, 2.75) is 20.8 Å². The van der Waals surface area contributed by atoms with Crippen LogP contribution in [-0.2, 0) is 0 Å². The van der Waals surface area contributed by atoms with E-state index in [1.165, 1.54) is 19.1 Å². The minimum Gasteiger partial charge on any atom is -0.494 e. The van der Waals surface area contributed by atoms with Crippen molar-refractivity contribution in [3.8, 4) is 5.75 Å². The van der Waals surface area contributed by atoms with Crippen LogP contribution in [0.2, 0.25) is 0 Å². The summed E-state index contributed by atoms with van der Waals surface area (Å²) in [6.45, 7) is 5.23. The molecule has 0 N–H and O–H groups in total. The molecule has 0 fully saturated rings. The minimum absolute atomic E-state index is 0.121. The number of rotatable bonds is 4. The maximum atomic E-state index is 11.4. The molecule has 0 aliphatic rings. The van der Waals surface area contributed by atoms with Gasteiger partial charge in [0.2, 0.25) is 0 Å². The Morgan fingerprint density at radius 3 is 2.56 bits per heavy atom. The molecule has 0 aliphatic carbocycles. The van der Waals surface area contributed by atoms with Crippen molar-refractivity contribution in [2.75, 3.05) is 6.61 Å². The molecule has 0 amide bonds. The van der Waals surface area contributed by atoms with E-state index >= 15 is 0 Å². The molecule has 1 aromatic rings. The lowest BCUT2D eigenvalue weighted by molar-refractivity contribution is -0.385. The van der Waals surface area contributed by atoms with E-state index < -0.39 is 4.92 Å². The van der Waals surface area contributed by atoms with Gasteiger partial charge in [0.25, 0.3) is 5.69 Å². The molecule has 0 spiro atoms. The first kappa shape index (κ1) is 12.2.